The predicted octanol–water partition coefficient (Wildman–Crippen LogP) is 2.75. The largest absolute Gasteiger partial charge is 0.453 e. The molecule has 2 bridgehead atoms. The number of nitrogens with one attached hydrogen (secondary N) is 1. The Morgan fingerprint density at radius 1 is 1.58 bits per heavy atom. The average molecular weight is 263 g/mol. The van der Waals surface area contributed by atoms with Crippen LogP contribution in [0.25, 0.3) is 0 Å². The number of fused-ring (bicyclic) bond motifs is 2. The Kier molecular flexibility index (Phi) is 3.78. The third-order valence-electron chi connectivity index (χ3n) is 4.16. The summed E-state index contributed by atoms with van der Waals surface area (Å²) >= 11 is 0. The third kappa shape index (κ3) is 2.44. The van der Waals surface area contributed by atoms with E-state index in [-0.39, 0.29) is 11.7 Å². The number of carbonyl (C=O) groups is 2. The van der Waals surface area contributed by atoms with E-state index >= 15 is 0 Å². The van der Waals surface area contributed by atoms with E-state index in [1.165, 1.54) is 12.7 Å². The maximum Gasteiger partial charge on any atom is 0.407 e. The first kappa shape index (κ1) is 13.8. The molecule has 2 aliphatic rings. The van der Waals surface area contributed by atoms with Crippen LogP contribution in [0.15, 0.2) is 23.3 Å². The van der Waals surface area contributed by atoms with Crippen LogP contribution in [0.4, 0.5) is 4.79 Å². The van der Waals surface area contributed by atoms with Gasteiger partial charge in [-0.05, 0) is 25.3 Å². The van der Waals surface area contributed by atoms with Gasteiger partial charge < -0.3 is 10.1 Å². The predicted molar refractivity (Wildman–Crippen MR) is 72.8 cm³/mol. The van der Waals surface area contributed by atoms with Crippen molar-refractivity contribution in [3.8, 4) is 0 Å². The maximum absolute atomic E-state index is 12.0. The molecule has 0 aliphatic heterocycles. The van der Waals surface area contributed by atoms with E-state index in [1.54, 1.807) is 0 Å². The summed E-state index contributed by atoms with van der Waals surface area (Å²) in [7, 11) is 1.35. The first-order chi connectivity index (χ1) is 9.04. The molecular formula is C15H21NO3. The molecule has 0 aromatic heterocycles. The van der Waals surface area contributed by atoms with Crippen molar-refractivity contribution in [2.75, 3.05) is 7.11 Å². The maximum atomic E-state index is 12.0. The molecule has 4 heteroatoms. The number of hydrogen-bond acceptors (Lipinski definition) is 3. The van der Waals surface area contributed by atoms with Gasteiger partial charge in [-0.25, -0.2) is 4.79 Å². The Morgan fingerprint density at radius 3 is 2.89 bits per heavy atom. The highest BCUT2D eigenvalue weighted by Gasteiger charge is 2.47. The van der Waals surface area contributed by atoms with Crippen molar-refractivity contribution in [2.45, 2.75) is 45.1 Å². The van der Waals surface area contributed by atoms with Crippen LogP contribution in [0.3, 0.4) is 0 Å². The zero-order valence-electron chi connectivity index (χ0n) is 11.8. The van der Waals surface area contributed by atoms with Crippen molar-refractivity contribution in [2.24, 2.45) is 5.92 Å². The van der Waals surface area contributed by atoms with Gasteiger partial charge >= 0.3 is 6.09 Å². The molecular weight excluding hydrogens is 242 g/mol. The molecule has 0 spiro atoms. The first-order valence-electron chi connectivity index (χ1n) is 6.78. The zero-order valence-corrected chi connectivity index (χ0v) is 11.8. The number of carbonyl (C=O) groups excluding carboxylic acids is 2. The fourth-order valence-electron chi connectivity index (χ4n) is 3.41. The van der Waals surface area contributed by atoms with Crippen molar-refractivity contribution in [1.29, 1.82) is 0 Å². The highest BCUT2D eigenvalue weighted by molar-refractivity contribution is 5.85. The molecule has 0 saturated heterocycles. The van der Waals surface area contributed by atoms with Gasteiger partial charge in [0, 0.05) is 18.8 Å². The summed E-state index contributed by atoms with van der Waals surface area (Å²) in [4.78, 5) is 23.6. The highest BCUT2D eigenvalue weighted by Crippen LogP contribution is 2.45. The minimum absolute atomic E-state index is 0.132. The van der Waals surface area contributed by atoms with E-state index in [9.17, 15) is 9.59 Å². The van der Waals surface area contributed by atoms with E-state index in [0.29, 0.717) is 19.3 Å². The van der Waals surface area contributed by atoms with E-state index in [1.807, 2.05) is 13.0 Å². The molecule has 0 radical (unpaired) electrons. The van der Waals surface area contributed by atoms with Crippen LogP contribution in [-0.4, -0.2) is 24.5 Å². The van der Waals surface area contributed by atoms with Gasteiger partial charge in [0.2, 0.25) is 0 Å². The molecule has 104 valence electrons. The molecule has 2 rings (SSSR count). The van der Waals surface area contributed by atoms with Crippen LogP contribution in [0.5, 0.6) is 0 Å². The van der Waals surface area contributed by atoms with Crippen LogP contribution in [0, 0.1) is 5.92 Å². The van der Waals surface area contributed by atoms with E-state index < -0.39 is 11.6 Å². The van der Waals surface area contributed by atoms with E-state index in [2.05, 4.69) is 18.3 Å². The van der Waals surface area contributed by atoms with Crippen LogP contribution >= 0.6 is 0 Å². The molecule has 4 nitrogen and oxygen atoms in total. The monoisotopic (exact) mass is 263 g/mol. The number of Topliss-reactive ketones (excluding diaryl/α,β-unsaturated/α-hetero) is 1. The number of ketones is 1. The summed E-state index contributed by atoms with van der Waals surface area (Å²) in [6, 6.07) is 0. The van der Waals surface area contributed by atoms with Crippen molar-refractivity contribution in [3.05, 3.63) is 23.3 Å². The molecule has 1 saturated carbocycles. The second kappa shape index (κ2) is 5.19. The lowest BCUT2D eigenvalue weighted by Crippen LogP contribution is -2.56. The van der Waals surface area contributed by atoms with Crippen molar-refractivity contribution in [3.63, 3.8) is 0 Å². The smallest absolute Gasteiger partial charge is 0.407 e. The molecule has 2 unspecified atom stereocenters. The summed E-state index contributed by atoms with van der Waals surface area (Å²) in [5.74, 6) is 0.338. The molecule has 1 fully saturated rings. The van der Waals surface area contributed by atoms with Crippen molar-refractivity contribution < 1.29 is 14.3 Å². The fourth-order valence-corrected chi connectivity index (χ4v) is 3.41. The first-order valence-corrected chi connectivity index (χ1v) is 6.78. The fraction of sp³-hybridized carbons (Fsp3) is 0.600. The van der Waals surface area contributed by atoms with Gasteiger partial charge in [0.15, 0.2) is 0 Å². The second-order valence-electron chi connectivity index (χ2n) is 5.32. The van der Waals surface area contributed by atoms with E-state index in [4.69, 9.17) is 4.74 Å². The van der Waals surface area contributed by atoms with Gasteiger partial charge in [0.05, 0.1) is 12.6 Å². The number of rotatable bonds is 2. The zero-order chi connectivity index (χ0) is 14.0. The molecule has 2 atom stereocenters. The van der Waals surface area contributed by atoms with Crippen LogP contribution < -0.4 is 5.32 Å². The number of methoxy groups -OCH3 is 1. The molecule has 1 N–H and O–H groups in total. The normalized spacial score (nSPS) is 31.9. The van der Waals surface area contributed by atoms with Gasteiger partial charge in [0.1, 0.15) is 5.78 Å². The Hall–Kier alpha value is -1.58. The van der Waals surface area contributed by atoms with Gasteiger partial charge in [0.25, 0.3) is 0 Å². The van der Waals surface area contributed by atoms with E-state index in [0.717, 1.165) is 12.0 Å². The topological polar surface area (TPSA) is 55.4 Å². The summed E-state index contributed by atoms with van der Waals surface area (Å²) in [5.41, 5.74) is 1.89. The quantitative estimate of drug-likeness (QED) is 0.779. The second-order valence-corrected chi connectivity index (χ2v) is 5.32. The molecule has 0 aromatic rings. The van der Waals surface area contributed by atoms with Crippen LogP contribution in [0.1, 0.15) is 39.5 Å². The lowest BCUT2D eigenvalue weighted by Gasteiger charge is -2.46. The lowest BCUT2D eigenvalue weighted by atomic mass is 9.63. The number of alkyl carbamates (subject to hydrolysis) is 1. The Morgan fingerprint density at radius 2 is 2.32 bits per heavy atom. The van der Waals surface area contributed by atoms with Crippen molar-refractivity contribution >= 4 is 11.9 Å². The Bertz CT molecular complexity index is 464. The molecule has 1 amide bonds. The summed E-state index contributed by atoms with van der Waals surface area (Å²) in [6.07, 6.45) is 6.35. The Labute approximate surface area is 113 Å². The van der Waals surface area contributed by atoms with Gasteiger partial charge in [-0.15, -0.1) is 0 Å². The van der Waals surface area contributed by atoms with Gasteiger partial charge in [-0.2, -0.15) is 0 Å². The molecule has 2 aliphatic carbocycles. The number of amides is 1. The summed E-state index contributed by atoms with van der Waals surface area (Å²) in [6.45, 7) is 4.08. The standard InChI is InChI=1S/C15H21NO3/c1-4-10-6-11-7-12(17)9-15(8-10,13(11)5-2)16-14(18)19-3/h5-6,11H,4,7-9H2,1-3H3,(H,16,18)/b13-5+. The minimum Gasteiger partial charge on any atom is -0.453 e. The minimum atomic E-state index is -0.568. The highest BCUT2D eigenvalue weighted by atomic mass is 16.5. The average Bonchev–Trinajstić information content (AvgIpc) is 2.36. The van der Waals surface area contributed by atoms with Crippen LogP contribution in [0.2, 0.25) is 0 Å². The van der Waals surface area contributed by atoms with Gasteiger partial charge in [-0.3, -0.25) is 4.79 Å². The van der Waals surface area contributed by atoms with Gasteiger partial charge in [-0.1, -0.05) is 24.6 Å². The third-order valence-corrected chi connectivity index (χ3v) is 4.16. The lowest BCUT2D eigenvalue weighted by molar-refractivity contribution is -0.122. The molecule has 0 heterocycles. The summed E-state index contributed by atoms with van der Waals surface area (Å²) in [5, 5.41) is 2.92. The van der Waals surface area contributed by atoms with Crippen LogP contribution in [-0.2, 0) is 9.53 Å². The molecule has 19 heavy (non-hydrogen) atoms. The Balaban J connectivity index is 2.43. The molecule has 0 aromatic carbocycles. The number of hydrogen-bond donors (Lipinski definition) is 1. The SMILES string of the molecule is C/C=C1\C2C=C(CC)CC1(NC(=O)OC)CC(=O)C2. The number of allylic oxidation sites excluding steroid dienone is 2. The number of ether oxygens (including phenoxy) is 1. The van der Waals surface area contributed by atoms with Crippen molar-refractivity contribution in [1.82, 2.24) is 5.32 Å². The summed E-state index contributed by atoms with van der Waals surface area (Å²) < 4.78 is 4.73.